The van der Waals surface area contributed by atoms with Gasteiger partial charge < -0.3 is 4.57 Å². The molecular weight excluding hydrogens is 172 g/mol. The molecule has 0 saturated heterocycles. The Hall–Kier alpha value is -1.57. The van der Waals surface area contributed by atoms with Crippen LogP contribution in [0.15, 0.2) is 36.7 Å². The molecule has 0 aromatic carbocycles. The highest BCUT2D eigenvalue weighted by Crippen LogP contribution is 2.06. The first kappa shape index (κ1) is 9.00. The number of nitrogens with zero attached hydrogens (tertiary/aromatic N) is 2. The Labute approximate surface area is 84.2 Å². The smallest absolute Gasteiger partial charge is 0.0642 e. The quantitative estimate of drug-likeness (QED) is 0.704. The summed E-state index contributed by atoms with van der Waals surface area (Å²) in [4.78, 5) is 4.49. The second kappa shape index (κ2) is 3.66. The van der Waals surface area contributed by atoms with Crippen LogP contribution in [0.1, 0.15) is 17.0 Å². The predicted molar refractivity (Wildman–Crippen MR) is 57.2 cm³/mol. The number of pyridine rings is 1. The Kier molecular flexibility index (Phi) is 2.35. The summed E-state index contributed by atoms with van der Waals surface area (Å²) in [7, 11) is 0. The molecule has 2 nitrogen and oxygen atoms in total. The van der Waals surface area contributed by atoms with Crippen molar-refractivity contribution in [3.05, 3.63) is 53.6 Å². The van der Waals surface area contributed by atoms with Crippen LogP contribution < -0.4 is 0 Å². The second-order valence-corrected chi connectivity index (χ2v) is 3.63. The van der Waals surface area contributed by atoms with Crippen LogP contribution >= 0.6 is 0 Å². The normalized spacial score (nSPS) is 10.4. The van der Waals surface area contributed by atoms with Crippen molar-refractivity contribution in [3.8, 4) is 0 Å². The van der Waals surface area contributed by atoms with Crippen molar-refractivity contribution < 1.29 is 0 Å². The minimum absolute atomic E-state index is 0.857. The first-order chi connectivity index (χ1) is 6.74. The van der Waals surface area contributed by atoms with E-state index in [0.717, 1.165) is 17.9 Å². The zero-order chi connectivity index (χ0) is 9.97. The van der Waals surface area contributed by atoms with E-state index in [0.29, 0.717) is 0 Å². The summed E-state index contributed by atoms with van der Waals surface area (Å²) in [6.45, 7) is 5.00. The van der Waals surface area contributed by atoms with E-state index >= 15 is 0 Å². The summed E-state index contributed by atoms with van der Waals surface area (Å²) in [5.41, 5.74) is 3.49. The molecule has 0 aliphatic carbocycles. The Balaban J connectivity index is 2.25. The predicted octanol–water partition coefficient (Wildman–Crippen LogP) is 2.55. The van der Waals surface area contributed by atoms with Crippen LogP contribution in [-0.4, -0.2) is 9.55 Å². The first-order valence-electron chi connectivity index (χ1n) is 4.79. The molecule has 2 aromatic rings. The molecule has 0 bridgehead atoms. The zero-order valence-corrected chi connectivity index (χ0v) is 8.57. The van der Waals surface area contributed by atoms with Crippen LogP contribution in [0, 0.1) is 13.8 Å². The molecule has 0 spiro atoms. The van der Waals surface area contributed by atoms with E-state index in [9.17, 15) is 0 Å². The maximum atomic E-state index is 4.49. The molecule has 2 heterocycles. The van der Waals surface area contributed by atoms with Crippen LogP contribution in [0.5, 0.6) is 0 Å². The van der Waals surface area contributed by atoms with Gasteiger partial charge in [-0.2, -0.15) is 0 Å². The lowest BCUT2D eigenvalue weighted by atomic mass is 10.2. The molecule has 0 saturated carbocycles. The highest BCUT2D eigenvalue weighted by Gasteiger charge is 1.97. The van der Waals surface area contributed by atoms with Gasteiger partial charge in [-0.3, -0.25) is 4.98 Å². The van der Waals surface area contributed by atoms with Crippen molar-refractivity contribution in [1.82, 2.24) is 9.55 Å². The topological polar surface area (TPSA) is 17.8 Å². The van der Waals surface area contributed by atoms with Gasteiger partial charge in [-0.05, 0) is 43.7 Å². The Morgan fingerprint density at radius 3 is 2.50 bits per heavy atom. The molecule has 14 heavy (non-hydrogen) atoms. The average molecular weight is 186 g/mol. The lowest BCUT2D eigenvalue weighted by molar-refractivity contribution is 0.775. The SMILES string of the molecule is Cc1cc(C)nc(Cn2cccc2)c1. The van der Waals surface area contributed by atoms with E-state index in [1.54, 1.807) is 0 Å². The van der Waals surface area contributed by atoms with Gasteiger partial charge >= 0.3 is 0 Å². The number of hydrogen-bond acceptors (Lipinski definition) is 1. The number of rotatable bonds is 2. The van der Waals surface area contributed by atoms with Crippen LogP contribution in [0.3, 0.4) is 0 Å². The summed E-state index contributed by atoms with van der Waals surface area (Å²) >= 11 is 0. The molecular formula is C12H14N2. The molecule has 0 aliphatic rings. The van der Waals surface area contributed by atoms with E-state index in [1.165, 1.54) is 5.56 Å². The van der Waals surface area contributed by atoms with Crippen molar-refractivity contribution in [3.63, 3.8) is 0 Å². The van der Waals surface area contributed by atoms with E-state index in [4.69, 9.17) is 0 Å². The summed E-state index contributed by atoms with van der Waals surface area (Å²) in [6, 6.07) is 8.29. The van der Waals surface area contributed by atoms with Crippen LogP contribution in [0.25, 0.3) is 0 Å². The lowest BCUT2D eigenvalue weighted by Crippen LogP contribution is -2.00. The minimum Gasteiger partial charge on any atom is -0.348 e. The third-order valence-corrected chi connectivity index (χ3v) is 2.16. The Bertz CT molecular complexity index is 396. The summed E-state index contributed by atoms with van der Waals surface area (Å²) < 4.78 is 2.13. The Morgan fingerprint density at radius 1 is 1.14 bits per heavy atom. The standard InChI is InChI=1S/C12H14N2/c1-10-7-11(2)13-12(8-10)9-14-5-3-4-6-14/h3-8H,9H2,1-2H3. The van der Waals surface area contributed by atoms with Crippen molar-refractivity contribution in [1.29, 1.82) is 0 Å². The molecule has 2 heteroatoms. The number of aryl methyl sites for hydroxylation is 2. The lowest BCUT2D eigenvalue weighted by Gasteiger charge is -2.04. The van der Waals surface area contributed by atoms with Gasteiger partial charge in [0.25, 0.3) is 0 Å². The van der Waals surface area contributed by atoms with Crippen LogP contribution in [0.4, 0.5) is 0 Å². The molecule has 0 N–H and O–H groups in total. The van der Waals surface area contributed by atoms with Gasteiger partial charge in [0, 0.05) is 18.1 Å². The molecule has 2 rings (SSSR count). The van der Waals surface area contributed by atoms with Gasteiger partial charge in [0.2, 0.25) is 0 Å². The summed E-state index contributed by atoms with van der Waals surface area (Å²) in [5.74, 6) is 0. The van der Waals surface area contributed by atoms with Crippen molar-refractivity contribution in [2.45, 2.75) is 20.4 Å². The second-order valence-electron chi connectivity index (χ2n) is 3.63. The molecule has 0 unspecified atom stereocenters. The van der Waals surface area contributed by atoms with Gasteiger partial charge in [-0.25, -0.2) is 0 Å². The molecule has 0 fully saturated rings. The zero-order valence-electron chi connectivity index (χ0n) is 8.57. The van der Waals surface area contributed by atoms with E-state index < -0.39 is 0 Å². The Morgan fingerprint density at radius 2 is 1.86 bits per heavy atom. The van der Waals surface area contributed by atoms with Crippen molar-refractivity contribution in [2.75, 3.05) is 0 Å². The maximum Gasteiger partial charge on any atom is 0.0642 e. The highest BCUT2D eigenvalue weighted by atomic mass is 14.9. The van der Waals surface area contributed by atoms with Gasteiger partial charge in [0.1, 0.15) is 0 Å². The summed E-state index contributed by atoms with van der Waals surface area (Å²) in [5, 5.41) is 0. The van der Waals surface area contributed by atoms with Crippen LogP contribution in [0.2, 0.25) is 0 Å². The van der Waals surface area contributed by atoms with Gasteiger partial charge in [-0.15, -0.1) is 0 Å². The monoisotopic (exact) mass is 186 g/mol. The fraction of sp³-hybridized carbons (Fsp3) is 0.250. The molecule has 72 valence electrons. The first-order valence-corrected chi connectivity index (χ1v) is 4.79. The van der Waals surface area contributed by atoms with Crippen molar-refractivity contribution in [2.24, 2.45) is 0 Å². The highest BCUT2D eigenvalue weighted by molar-refractivity contribution is 5.19. The fourth-order valence-corrected chi connectivity index (χ4v) is 1.67. The molecule has 0 atom stereocenters. The fourth-order valence-electron chi connectivity index (χ4n) is 1.67. The third-order valence-electron chi connectivity index (χ3n) is 2.16. The largest absolute Gasteiger partial charge is 0.348 e. The molecule has 0 aliphatic heterocycles. The minimum atomic E-state index is 0.857. The van der Waals surface area contributed by atoms with Gasteiger partial charge in [0.05, 0.1) is 12.2 Å². The van der Waals surface area contributed by atoms with Gasteiger partial charge in [0.15, 0.2) is 0 Å². The van der Waals surface area contributed by atoms with Gasteiger partial charge in [-0.1, -0.05) is 0 Å². The van der Waals surface area contributed by atoms with E-state index in [-0.39, 0.29) is 0 Å². The number of aromatic nitrogens is 2. The maximum absolute atomic E-state index is 4.49. The third kappa shape index (κ3) is 2.02. The average Bonchev–Trinajstić information content (AvgIpc) is 2.54. The molecule has 2 aromatic heterocycles. The summed E-state index contributed by atoms with van der Waals surface area (Å²) in [6.07, 6.45) is 4.11. The van der Waals surface area contributed by atoms with Crippen molar-refractivity contribution >= 4 is 0 Å². The molecule has 0 amide bonds. The van der Waals surface area contributed by atoms with Crippen LogP contribution in [-0.2, 0) is 6.54 Å². The molecule has 0 radical (unpaired) electrons. The number of hydrogen-bond donors (Lipinski definition) is 0. The van der Waals surface area contributed by atoms with E-state index in [1.807, 2.05) is 19.1 Å². The van der Waals surface area contributed by atoms with E-state index in [2.05, 4.69) is 41.0 Å².